The maximum Gasteiger partial charge on any atom is 0.269 e. The van der Waals surface area contributed by atoms with Crippen molar-refractivity contribution in [1.29, 1.82) is 0 Å². The quantitative estimate of drug-likeness (QED) is 0.0210. The summed E-state index contributed by atoms with van der Waals surface area (Å²) < 4.78 is 0. The molecule has 21 nitrogen and oxygen atoms in total. The number of benzene rings is 2. The SMILES string of the molecule is CC(=O)N[C@H](Cc1ccc2ccccc2c1)C(=O)N[C@@H](CCCCNC(=O)c1ccccn1)C(=O)N[C@H](CCCCNC(=O)c1ccccn1)C(=O)N[C@@H](CCCN=C(N)N)C(=O)N[C@H](C)C(N)=O. The lowest BCUT2D eigenvalue weighted by Crippen LogP contribution is -2.59. The first-order valence-corrected chi connectivity index (χ1v) is 22.8. The topological polar surface area (TPSA) is 337 Å². The molecule has 2 heterocycles. The monoisotopic (exact) mass is 949 g/mol. The predicted molar refractivity (Wildman–Crippen MR) is 259 cm³/mol. The highest BCUT2D eigenvalue weighted by Crippen LogP contribution is 2.17. The van der Waals surface area contributed by atoms with Crippen LogP contribution in [0, 0.1) is 0 Å². The third kappa shape index (κ3) is 19.0. The average Bonchev–Trinajstić information content (AvgIpc) is 3.33. The van der Waals surface area contributed by atoms with Crippen LogP contribution in [0.4, 0.5) is 0 Å². The van der Waals surface area contributed by atoms with Gasteiger partial charge in [-0.05, 0) is 98.9 Å². The van der Waals surface area contributed by atoms with Crippen molar-refractivity contribution in [3.05, 3.63) is 108 Å². The van der Waals surface area contributed by atoms with Crippen LogP contribution >= 0.6 is 0 Å². The Balaban J connectivity index is 1.57. The van der Waals surface area contributed by atoms with Gasteiger partial charge in [-0.2, -0.15) is 0 Å². The molecule has 4 rings (SSSR count). The highest BCUT2D eigenvalue weighted by Gasteiger charge is 2.32. The zero-order chi connectivity index (χ0) is 50.1. The van der Waals surface area contributed by atoms with Crippen molar-refractivity contribution in [2.75, 3.05) is 19.6 Å². The van der Waals surface area contributed by atoms with Gasteiger partial charge in [-0.15, -0.1) is 0 Å². The number of aliphatic imine (C=N–C) groups is 1. The number of nitrogens with one attached hydrogen (secondary N) is 7. The van der Waals surface area contributed by atoms with E-state index in [1.165, 1.54) is 26.2 Å². The molecule has 0 fully saturated rings. The second-order valence-corrected chi connectivity index (χ2v) is 16.3. The van der Waals surface area contributed by atoms with Crippen LogP contribution in [0.2, 0.25) is 0 Å². The molecule has 0 aliphatic carbocycles. The molecule has 0 saturated heterocycles. The number of rotatable bonds is 28. The molecule has 4 aromatic rings. The van der Waals surface area contributed by atoms with Gasteiger partial charge >= 0.3 is 0 Å². The molecule has 21 heteroatoms. The average molecular weight is 950 g/mol. The van der Waals surface area contributed by atoms with Crippen molar-refractivity contribution in [1.82, 2.24) is 47.2 Å². The van der Waals surface area contributed by atoms with Gasteiger partial charge in [0.05, 0.1) is 0 Å². The highest BCUT2D eigenvalue weighted by atomic mass is 16.2. The highest BCUT2D eigenvalue weighted by molar-refractivity contribution is 5.97. The maximum atomic E-state index is 14.4. The Kier molecular flexibility index (Phi) is 22.0. The van der Waals surface area contributed by atoms with Crippen LogP contribution in [0.15, 0.2) is 96.2 Å². The molecule has 0 saturated carbocycles. The summed E-state index contributed by atoms with van der Waals surface area (Å²) in [6, 6.07) is 17.3. The first kappa shape index (κ1) is 53.6. The molecule has 0 radical (unpaired) electrons. The molecule has 0 spiro atoms. The van der Waals surface area contributed by atoms with E-state index in [1.54, 1.807) is 36.4 Å². The molecule has 8 amide bonds. The lowest BCUT2D eigenvalue weighted by Gasteiger charge is -2.27. The van der Waals surface area contributed by atoms with Crippen molar-refractivity contribution < 1.29 is 38.4 Å². The summed E-state index contributed by atoms with van der Waals surface area (Å²) in [6.07, 6.45) is 4.79. The van der Waals surface area contributed by atoms with Crippen LogP contribution in [-0.4, -0.2) is 113 Å². The molecular weight excluding hydrogens is 887 g/mol. The fraction of sp³-hybridized carbons (Fsp3) is 0.396. The van der Waals surface area contributed by atoms with Gasteiger partial charge in [0.15, 0.2) is 5.96 Å². The van der Waals surface area contributed by atoms with E-state index in [0.717, 1.165) is 16.3 Å². The smallest absolute Gasteiger partial charge is 0.269 e. The molecule has 0 unspecified atom stereocenters. The van der Waals surface area contributed by atoms with Crippen LogP contribution in [0.25, 0.3) is 10.8 Å². The van der Waals surface area contributed by atoms with Crippen LogP contribution in [0.5, 0.6) is 0 Å². The van der Waals surface area contributed by atoms with Crippen molar-refractivity contribution in [3.63, 3.8) is 0 Å². The van der Waals surface area contributed by atoms with E-state index < -0.39 is 71.6 Å². The second kappa shape index (κ2) is 28.3. The molecule has 368 valence electrons. The Morgan fingerprint density at radius 1 is 0.551 bits per heavy atom. The Labute approximate surface area is 400 Å². The molecule has 5 atom stereocenters. The summed E-state index contributed by atoms with van der Waals surface area (Å²) in [5.74, 6) is -5.13. The molecule has 13 N–H and O–H groups in total. The number of aromatic nitrogens is 2. The van der Waals surface area contributed by atoms with E-state index in [4.69, 9.17) is 17.2 Å². The standard InChI is InChI=1S/C48H63N13O8/c1-30(41(49)63)57-44(66)39(20-13-27-56-48(50)51)60-45(67)37(18-7-11-25-54-42(64)35-16-5-9-23-52-35)59-46(68)38(19-8-12-26-55-43(65)36-17-6-10-24-53-36)61-47(69)40(58-31(2)62)29-32-21-22-33-14-3-4-15-34(33)28-32/h3-6,9-10,14-17,21-24,28,30,37-40H,7-8,11-13,18-20,25-27,29H2,1-2H3,(H2,49,63)(H,54,64)(H,55,65)(H,57,66)(H,58,62)(H,59,68)(H,60,67)(H,61,69)(H4,50,51,56)/t30-,37-,38+,39+,40-/m1/s1. The number of nitrogens with zero attached hydrogens (tertiary/aromatic N) is 3. The van der Waals surface area contributed by atoms with Gasteiger partial charge in [0.2, 0.25) is 35.4 Å². The van der Waals surface area contributed by atoms with Gasteiger partial charge in [-0.25, -0.2) is 0 Å². The molecule has 2 aromatic heterocycles. The Hall–Kier alpha value is -7.97. The number of nitrogens with two attached hydrogens (primary N) is 3. The minimum absolute atomic E-state index is 0.0216. The zero-order valence-corrected chi connectivity index (χ0v) is 38.9. The predicted octanol–water partition coefficient (Wildman–Crippen LogP) is 0.376. The van der Waals surface area contributed by atoms with Crippen LogP contribution in [-0.2, 0) is 35.2 Å². The zero-order valence-electron chi connectivity index (χ0n) is 38.9. The summed E-state index contributed by atoms with van der Waals surface area (Å²) >= 11 is 0. The van der Waals surface area contributed by atoms with Gasteiger partial charge in [0.25, 0.3) is 11.8 Å². The van der Waals surface area contributed by atoms with E-state index in [-0.39, 0.29) is 75.0 Å². The summed E-state index contributed by atoms with van der Waals surface area (Å²) in [7, 11) is 0. The lowest BCUT2D eigenvalue weighted by molar-refractivity contribution is -0.135. The van der Waals surface area contributed by atoms with Crippen LogP contribution in [0.3, 0.4) is 0 Å². The Morgan fingerprint density at radius 2 is 1.03 bits per heavy atom. The maximum absolute atomic E-state index is 14.4. The summed E-state index contributed by atoms with van der Waals surface area (Å²) in [5, 5.41) is 20.9. The van der Waals surface area contributed by atoms with E-state index in [1.807, 2.05) is 42.5 Å². The summed E-state index contributed by atoms with van der Waals surface area (Å²) in [4.78, 5) is 118. The van der Waals surface area contributed by atoms with Gasteiger partial charge in [0, 0.05) is 45.4 Å². The largest absolute Gasteiger partial charge is 0.370 e. The first-order chi connectivity index (χ1) is 33.1. The third-order valence-corrected chi connectivity index (χ3v) is 10.8. The Morgan fingerprint density at radius 3 is 1.51 bits per heavy atom. The van der Waals surface area contributed by atoms with Crippen molar-refractivity contribution in [3.8, 4) is 0 Å². The van der Waals surface area contributed by atoms with Gasteiger partial charge in [-0.3, -0.25) is 53.3 Å². The summed E-state index contributed by atoms with van der Waals surface area (Å²) in [5.41, 5.74) is 17.5. The number of carbonyl (C=O) groups is 8. The van der Waals surface area contributed by atoms with Crippen LogP contribution < -0.4 is 54.4 Å². The molecule has 2 aromatic carbocycles. The van der Waals surface area contributed by atoms with E-state index in [2.05, 4.69) is 52.2 Å². The number of hydrogen-bond donors (Lipinski definition) is 10. The number of guanidine groups is 1. The van der Waals surface area contributed by atoms with Gasteiger partial charge < -0.3 is 54.4 Å². The number of primary amides is 1. The normalized spacial score (nSPS) is 13.0. The summed E-state index contributed by atoms with van der Waals surface area (Å²) in [6.45, 7) is 3.20. The number of pyridine rings is 2. The van der Waals surface area contributed by atoms with Crippen molar-refractivity contribution in [2.45, 2.75) is 102 Å². The van der Waals surface area contributed by atoms with E-state index >= 15 is 0 Å². The minimum atomic E-state index is -1.29. The second-order valence-electron chi connectivity index (χ2n) is 16.3. The number of carbonyl (C=O) groups excluding carboxylic acids is 8. The third-order valence-electron chi connectivity index (χ3n) is 10.8. The lowest BCUT2D eigenvalue weighted by atomic mass is 10.00. The Bertz CT molecular complexity index is 2400. The van der Waals surface area contributed by atoms with Gasteiger partial charge in [0.1, 0.15) is 41.6 Å². The number of unbranched alkanes of at least 4 members (excludes halogenated alkanes) is 2. The fourth-order valence-corrected chi connectivity index (χ4v) is 7.09. The van der Waals surface area contributed by atoms with Crippen LogP contribution in [0.1, 0.15) is 91.8 Å². The van der Waals surface area contributed by atoms with E-state index in [0.29, 0.717) is 25.7 Å². The number of fused-ring (bicyclic) bond motifs is 1. The minimum Gasteiger partial charge on any atom is -0.370 e. The number of hydrogen-bond acceptors (Lipinski definition) is 11. The number of amides is 8. The molecular formula is C48H63N13O8. The van der Waals surface area contributed by atoms with E-state index in [9.17, 15) is 38.4 Å². The van der Waals surface area contributed by atoms with Gasteiger partial charge in [-0.1, -0.05) is 54.6 Å². The van der Waals surface area contributed by atoms with Crippen molar-refractivity contribution in [2.24, 2.45) is 22.2 Å². The molecule has 69 heavy (non-hydrogen) atoms. The van der Waals surface area contributed by atoms with Crippen molar-refractivity contribution >= 4 is 64.0 Å². The molecule has 0 aliphatic rings. The molecule has 0 bridgehead atoms. The fourth-order valence-electron chi connectivity index (χ4n) is 7.09. The molecule has 0 aliphatic heterocycles. The first-order valence-electron chi connectivity index (χ1n) is 22.8.